The molecule has 3 heterocycles. The number of nitrogens with zero attached hydrogens (tertiary/aromatic N) is 2. The maximum absolute atomic E-state index is 15.3. The first-order valence-electron chi connectivity index (χ1n) is 22.5. The van der Waals surface area contributed by atoms with Gasteiger partial charge in [-0.25, -0.2) is 22.6 Å². The van der Waals surface area contributed by atoms with Crippen LogP contribution in [0.3, 0.4) is 0 Å². The molecule has 3 aromatic rings. The molecule has 2 saturated carbocycles. The van der Waals surface area contributed by atoms with E-state index in [4.69, 9.17) is 19.2 Å². The molecular weight excluding hydrogens is 903 g/mol. The minimum Gasteiger partial charge on any atom is -0.497 e. The van der Waals surface area contributed by atoms with E-state index in [0.29, 0.717) is 66.8 Å². The number of aromatic nitrogens is 1. The van der Waals surface area contributed by atoms with Gasteiger partial charge in [-0.05, 0) is 126 Å². The Morgan fingerprint density at radius 3 is 2.42 bits per heavy atom. The van der Waals surface area contributed by atoms with Crippen LogP contribution in [0.1, 0.15) is 86.5 Å². The number of carbonyl (C=O) groups excluding carboxylic acids is 4. The van der Waals surface area contributed by atoms with Crippen LogP contribution in [0, 0.1) is 23.6 Å². The summed E-state index contributed by atoms with van der Waals surface area (Å²) in [6, 6.07) is 8.29. The lowest BCUT2D eigenvalue weighted by Gasteiger charge is -2.33. The molecule has 4 amide bonds. The van der Waals surface area contributed by atoms with Crippen LogP contribution in [0.2, 0.25) is 0 Å². The highest BCUT2D eigenvalue weighted by Gasteiger charge is 2.63. The van der Waals surface area contributed by atoms with Crippen molar-refractivity contribution >= 4 is 44.6 Å². The van der Waals surface area contributed by atoms with E-state index in [1.165, 1.54) is 26.2 Å². The van der Waals surface area contributed by atoms with Crippen LogP contribution in [0.4, 0.5) is 22.4 Å². The number of hydrogen-bond donors (Lipinski definition) is 3. The van der Waals surface area contributed by atoms with E-state index >= 15 is 4.39 Å². The lowest BCUT2D eigenvalue weighted by molar-refractivity contribution is -0.197. The Balaban J connectivity index is 1.27. The average Bonchev–Trinajstić information content (AvgIpc) is 4.14. The molecule has 364 valence electrons. The van der Waals surface area contributed by atoms with E-state index in [2.05, 4.69) is 20.1 Å². The Kier molecular flexibility index (Phi) is 13.8. The van der Waals surface area contributed by atoms with E-state index in [9.17, 15) is 40.8 Å². The number of ether oxygens (including phenoxy) is 4. The SMILES string of the molecule is COc1ccc2c(O[C@@H]3C[C@H]4C(=O)N[C@]5(C(=O)NS(=O)(=O)C6(C)CC6)CC5/C=C\CC[C@H](C)C[C@@H](C)[C@H](NC(=O)O[C@H](C)C(F)(F)F)C(=O)N4C3)nc(-c3ccc(OC(C)C)c(F)c3)cc2c1. The molecule has 8 atom stereocenters. The van der Waals surface area contributed by atoms with Gasteiger partial charge in [0.1, 0.15) is 29.5 Å². The average molecular weight is 960 g/mol. The summed E-state index contributed by atoms with van der Waals surface area (Å²) in [6.07, 6.45) is -4.60. The fourth-order valence-electron chi connectivity index (χ4n) is 8.72. The summed E-state index contributed by atoms with van der Waals surface area (Å²) in [4.78, 5) is 62.8. The molecule has 20 heteroatoms. The molecule has 3 N–H and O–H groups in total. The Bertz CT molecular complexity index is 2550. The summed E-state index contributed by atoms with van der Waals surface area (Å²) in [7, 11) is -2.64. The largest absolute Gasteiger partial charge is 0.497 e. The number of methoxy groups -OCH3 is 1. The second-order valence-corrected chi connectivity index (χ2v) is 21.1. The maximum atomic E-state index is 15.3. The number of hydrogen-bond acceptors (Lipinski definition) is 11. The van der Waals surface area contributed by atoms with Gasteiger partial charge in [0.2, 0.25) is 27.7 Å². The lowest BCUT2D eigenvalue weighted by Crippen LogP contribution is -2.59. The molecule has 0 bridgehead atoms. The summed E-state index contributed by atoms with van der Waals surface area (Å²) >= 11 is 0. The quantitative estimate of drug-likeness (QED) is 0.131. The van der Waals surface area contributed by atoms with Gasteiger partial charge in [0.15, 0.2) is 17.7 Å². The summed E-state index contributed by atoms with van der Waals surface area (Å²) in [6.45, 7) is 8.99. The van der Waals surface area contributed by atoms with Crippen LogP contribution in [0.5, 0.6) is 17.4 Å². The Hall–Kier alpha value is -5.66. The summed E-state index contributed by atoms with van der Waals surface area (Å²) in [5.74, 6) is -4.01. The zero-order valence-electron chi connectivity index (χ0n) is 38.4. The first-order chi connectivity index (χ1) is 31.4. The third-order valence-corrected chi connectivity index (χ3v) is 15.3. The normalized spacial score (nSPS) is 27.3. The number of fused-ring (bicyclic) bond motifs is 3. The van der Waals surface area contributed by atoms with Crippen LogP contribution in [0.25, 0.3) is 22.0 Å². The van der Waals surface area contributed by atoms with Gasteiger partial charge in [0, 0.05) is 23.3 Å². The van der Waals surface area contributed by atoms with Crippen molar-refractivity contribution in [2.24, 2.45) is 17.8 Å². The molecule has 2 aromatic carbocycles. The van der Waals surface area contributed by atoms with E-state index in [-0.39, 0.29) is 43.0 Å². The number of carbonyl (C=O) groups is 4. The van der Waals surface area contributed by atoms with Gasteiger partial charge in [-0.2, -0.15) is 13.2 Å². The molecule has 15 nitrogen and oxygen atoms in total. The van der Waals surface area contributed by atoms with Crippen LogP contribution in [-0.2, 0) is 29.1 Å². The molecule has 0 radical (unpaired) electrons. The van der Waals surface area contributed by atoms with Crippen LogP contribution in [-0.4, -0.2) is 103 Å². The smallest absolute Gasteiger partial charge is 0.425 e. The topological polar surface area (TPSA) is 192 Å². The fourth-order valence-corrected chi connectivity index (χ4v) is 10.0. The number of benzene rings is 2. The number of rotatable bonds is 11. The first-order valence-corrected chi connectivity index (χ1v) is 23.9. The lowest BCUT2D eigenvalue weighted by atomic mass is 9.88. The minimum atomic E-state index is -4.89. The van der Waals surface area contributed by atoms with Crippen LogP contribution >= 0.6 is 0 Å². The van der Waals surface area contributed by atoms with Crippen molar-refractivity contribution in [3.05, 3.63) is 60.4 Å². The first kappa shape index (κ1) is 49.3. The summed E-state index contributed by atoms with van der Waals surface area (Å²) in [5.41, 5.74) is -1.04. The van der Waals surface area contributed by atoms with Gasteiger partial charge < -0.3 is 34.5 Å². The molecule has 67 heavy (non-hydrogen) atoms. The van der Waals surface area contributed by atoms with Crippen molar-refractivity contribution in [3.63, 3.8) is 0 Å². The Morgan fingerprint density at radius 2 is 1.76 bits per heavy atom. The number of alkyl carbamates (subject to hydrolysis) is 1. The Morgan fingerprint density at radius 1 is 1.03 bits per heavy atom. The molecule has 2 aliphatic heterocycles. The van der Waals surface area contributed by atoms with Gasteiger partial charge in [-0.3, -0.25) is 19.1 Å². The van der Waals surface area contributed by atoms with E-state index < -0.39 is 92.2 Å². The minimum absolute atomic E-state index is 0.0428. The highest BCUT2D eigenvalue weighted by atomic mass is 32.2. The second kappa shape index (κ2) is 18.8. The van der Waals surface area contributed by atoms with E-state index in [1.807, 2.05) is 13.0 Å². The molecule has 0 spiro atoms. The molecule has 1 unspecified atom stereocenters. The third kappa shape index (κ3) is 10.7. The number of allylic oxidation sites excluding steroid dienone is 1. The number of nitrogens with one attached hydrogen (secondary N) is 3. The van der Waals surface area contributed by atoms with Gasteiger partial charge in [-0.1, -0.05) is 26.0 Å². The number of amides is 4. The molecule has 1 saturated heterocycles. The molecule has 1 aromatic heterocycles. The number of sulfonamides is 1. The van der Waals surface area contributed by atoms with E-state index in [0.717, 1.165) is 4.90 Å². The number of halogens is 4. The molecule has 2 aliphatic carbocycles. The number of pyridine rings is 1. The zero-order chi connectivity index (χ0) is 48.8. The molecular formula is C47H57F4N5O10S. The summed E-state index contributed by atoms with van der Waals surface area (Å²) < 4.78 is 106. The van der Waals surface area contributed by atoms with Crippen molar-refractivity contribution in [3.8, 4) is 28.6 Å². The Labute approximate surface area is 386 Å². The predicted octanol–water partition coefficient (Wildman–Crippen LogP) is 7.12. The zero-order valence-corrected chi connectivity index (χ0v) is 39.2. The monoisotopic (exact) mass is 959 g/mol. The highest BCUT2D eigenvalue weighted by molar-refractivity contribution is 7.91. The second-order valence-electron chi connectivity index (χ2n) is 18.9. The summed E-state index contributed by atoms with van der Waals surface area (Å²) in [5, 5.41) is 6.22. The predicted molar refractivity (Wildman–Crippen MR) is 238 cm³/mol. The fraction of sp³-hybridized carbons (Fsp3) is 0.553. The highest BCUT2D eigenvalue weighted by Crippen LogP contribution is 2.48. The van der Waals surface area contributed by atoms with Crippen molar-refractivity contribution < 1.29 is 64.1 Å². The maximum Gasteiger partial charge on any atom is 0.425 e. The van der Waals surface area contributed by atoms with E-state index in [1.54, 1.807) is 57.2 Å². The van der Waals surface area contributed by atoms with Crippen molar-refractivity contribution in [2.75, 3.05) is 13.7 Å². The van der Waals surface area contributed by atoms with Gasteiger partial charge in [0.05, 0.1) is 30.2 Å². The van der Waals surface area contributed by atoms with Crippen molar-refractivity contribution in [1.82, 2.24) is 25.2 Å². The standard InChI is InChI=1S/C47H57F4N5O10S/c1-25(2)64-38-15-12-29(20-35(38)48)36-21-30-19-32(63-7)13-14-34(30)41(52-36)66-33-22-37-40(57)54-46(43(59)55-67(61,62)45(6)16-17-45)23-31(46)11-9-8-10-26(3)18-27(4)39(42(58)56(37)24-33)53-44(60)65-28(5)47(49,50)51/h9,11-15,19-21,25-28,31,33,37,39H,8,10,16-18,22-24H2,1-7H3,(H,53,60)(H,54,57)(H,55,59)/b11-9-/t26-,27+,28+,31?,33+,37-,39-,46+/m0/s1. The van der Waals surface area contributed by atoms with Crippen LogP contribution in [0.15, 0.2) is 54.6 Å². The third-order valence-electron chi connectivity index (χ3n) is 13.1. The molecule has 4 aliphatic rings. The molecule has 7 rings (SSSR count). The van der Waals surface area contributed by atoms with Crippen molar-refractivity contribution in [1.29, 1.82) is 0 Å². The van der Waals surface area contributed by atoms with Crippen LogP contribution < -0.4 is 29.6 Å². The molecule has 3 fully saturated rings. The van der Waals surface area contributed by atoms with Crippen molar-refractivity contribution in [2.45, 2.75) is 133 Å². The van der Waals surface area contributed by atoms with Gasteiger partial charge >= 0.3 is 12.3 Å². The van der Waals surface area contributed by atoms with Gasteiger partial charge in [-0.15, -0.1) is 0 Å². The number of alkyl halides is 3. The van der Waals surface area contributed by atoms with Gasteiger partial charge in [0.25, 0.3) is 5.91 Å².